The average molecular weight is 1030 g/mol. The zero-order valence-corrected chi connectivity index (χ0v) is 48.3. The van der Waals surface area contributed by atoms with Crippen LogP contribution in [0.2, 0.25) is 0 Å². The summed E-state index contributed by atoms with van der Waals surface area (Å²) in [5.41, 5.74) is 0. The first-order valence-electron chi connectivity index (χ1n) is 30.9. The van der Waals surface area contributed by atoms with Crippen LogP contribution in [0.25, 0.3) is 0 Å². The number of hydrogen-bond acceptors (Lipinski definition) is 6. The maximum absolute atomic E-state index is 12.9. The van der Waals surface area contributed by atoms with E-state index in [1.807, 2.05) is 0 Å². The summed E-state index contributed by atoms with van der Waals surface area (Å²) in [4.78, 5) is 38.3. The van der Waals surface area contributed by atoms with E-state index in [1.54, 1.807) is 0 Å². The fourth-order valence-electron chi connectivity index (χ4n) is 8.42. The summed E-state index contributed by atoms with van der Waals surface area (Å²) in [5, 5.41) is 0. The molecular weight excluding hydrogens is 913 g/mol. The van der Waals surface area contributed by atoms with Crippen molar-refractivity contribution >= 4 is 17.9 Å². The van der Waals surface area contributed by atoms with Crippen molar-refractivity contribution in [1.82, 2.24) is 0 Å². The molecule has 0 aromatic carbocycles. The molecule has 1 atom stereocenters. The molecule has 0 N–H and O–H groups in total. The van der Waals surface area contributed by atoms with Crippen molar-refractivity contribution in [3.8, 4) is 0 Å². The highest BCUT2D eigenvalue weighted by atomic mass is 16.6. The summed E-state index contributed by atoms with van der Waals surface area (Å²) in [6, 6.07) is 0. The van der Waals surface area contributed by atoms with Crippen LogP contribution in [0.15, 0.2) is 109 Å². The Bertz CT molecular complexity index is 1510. The zero-order valence-electron chi connectivity index (χ0n) is 48.3. The highest BCUT2D eigenvalue weighted by Gasteiger charge is 2.19. The molecule has 0 radical (unpaired) electrons. The van der Waals surface area contributed by atoms with Crippen LogP contribution < -0.4 is 0 Å². The van der Waals surface area contributed by atoms with Crippen molar-refractivity contribution in [2.24, 2.45) is 0 Å². The van der Waals surface area contributed by atoms with Crippen molar-refractivity contribution in [3.05, 3.63) is 109 Å². The van der Waals surface area contributed by atoms with E-state index in [-0.39, 0.29) is 31.1 Å². The fourth-order valence-corrected chi connectivity index (χ4v) is 8.42. The molecule has 1 unspecified atom stereocenters. The van der Waals surface area contributed by atoms with E-state index in [0.29, 0.717) is 19.3 Å². The summed E-state index contributed by atoms with van der Waals surface area (Å²) in [5.74, 6) is -0.911. The van der Waals surface area contributed by atoms with E-state index in [0.717, 1.165) is 128 Å². The molecule has 0 aliphatic rings. The Morgan fingerprint density at radius 2 is 0.527 bits per heavy atom. The van der Waals surface area contributed by atoms with Gasteiger partial charge in [-0.15, -0.1) is 0 Å². The van der Waals surface area contributed by atoms with E-state index in [4.69, 9.17) is 14.2 Å². The van der Waals surface area contributed by atoms with Crippen LogP contribution in [0.1, 0.15) is 284 Å². The SMILES string of the molecule is CC/C=C\C/C=C\C/C=C\C/C=C\CCCCCCCCCCCCC(=O)OCC(COC(=O)CCCCCCC/C=C\CCCCCCC)OC(=O)CCCCCCCC/C=C\C/C=C\C/C=C\C/C=C\CC. The van der Waals surface area contributed by atoms with Gasteiger partial charge in [-0.2, -0.15) is 0 Å². The lowest BCUT2D eigenvalue weighted by molar-refractivity contribution is -0.167. The lowest BCUT2D eigenvalue weighted by Crippen LogP contribution is -2.30. The molecule has 0 amide bonds. The lowest BCUT2D eigenvalue weighted by Gasteiger charge is -2.18. The van der Waals surface area contributed by atoms with Gasteiger partial charge in [-0.05, 0) is 122 Å². The van der Waals surface area contributed by atoms with Crippen molar-refractivity contribution < 1.29 is 28.6 Å². The number of carbonyl (C=O) groups excluding carboxylic acids is 3. The number of carbonyl (C=O) groups is 3. The topological polar surface area (TPSA) is 78.9 Å². The van der Waals surface area contributed by atoms with Crippen LogP contribution >= 0.6 is 0 Å². The molecule has 0 bridgehead atoms. The van der Waals surface area contributed by atoms with Gasteiger partial charge in [0.25, 0.3) is 0 Å². The Morgan fingerprint density at radius 3 is 0.838 bits per heavy atom. The van der Waals surface area contributed by atoms with Crippen molar-refractivity contribution in [1.29, 1.82) is 0 Å². The predicted octanol–water partition coefficient (Wildman–Crippen LogP) is 21.0. The lowest BCUT2D eigenvalue weighted by atomic mass is 10.1. The van der Waals surface area contributed by atoms with Crippen LogP contribution in [-0.4, -0.2) is 37.2 Å². The fraction of sp³-hybridized carbons (Fsp3) is 0.691. The summed E-state index contributed by atoms with van der Waals surface area (Å²) in [7, 11) is 0. The van der Waals surface area contributed by atoms with E-state index in [1.165, 1.54) is 116 Å². The Morgan fingerprint density at radius 1 is 0.284 bits per heavy atom. The second-order valence-electron chi connectivity index (χ2n) is 20.2. The van der Waals surface area contributed by atoms with Gasteiger partial charge in [0.1, 0.15) is 13.2 Å². The van der Waals surface area contributed by atoms with Gasteiger partial charge in [-0.1, -0.05) is 252 Å². The largest absolute Gasteiger partial charge is 0.462 e. The third-order valence-electron chi connectivity index (χ3n) is 13.0. The molecule has 0 aliphatic heterocycles. The maximum atomic E-state index is 12.9. The standard InChI is InChI=1S/C68H114O6/c1-4-7-10-13-16-19-22-25-28-30-32-33-34-35-37-38-40-43-46-49-52-55-58-61-67(70)73-64-65(63-72-66(69)60-57-54-51-48-45-42-27-24-21-18-15-12-9-6-3)74-68(71)62-59-56-53-50-47-44-41-39-36-31-29-26-23-20-17-14-11-8-5-2/h7-8,10-11,16-17,19-20,24-29,32-33,36,39,65H,4-6,9,12-15,18,21-23,30-31,34-35,37-38,40-64H2,1-3H3/b10-7-,11-8-,19-16-,20-17-,27-24-,28-25-,29-26-,33-32-,39-36-. The van der Waals surface area contributed by atoms with Crippen LogP contribution in [0, 0.1) is 0 Å². The predicted molar refractivity (Wildman–Crippen MR) is 320 cm³/mol. The quantitative estimate of drug-likeness (QED) is 0.0261. The minimum atomic E-state index is -0.794. The highest BCUT2D eigenvalue weighted by Crippen LogP contribution is 2.15. The van der Waals surface area contributed by atoms with Crippen LogP contribution in [0.3, 0.4) is 0 Å². The first-order valence-corrected chi connectivity index (χ1v) is 30.9. The zero-order chi connectivity index (χ0) is 53.6. The number of allylic oxidation sites excluding steroid dienone is 18. The monoisotopic (exact) mass is 1030 g/mol. The first kappa shape index (κ1) is 70.1. The van der Waals surface area contributed by atoms with Crippen LogP contribution in [-0.2, 0) is 28.6 Å². The summed E-state index contributed by atoms with van der Waals surface area (Å²) >= 11 is 0. The molecule has 0 fully saturated rings. The average Bonchev–Trinajstić information content (AvgIpc) is 3.40. The molecule has 0 aliphatic carbocycles. The maximum Gasteiger partial charge on any atom is 0.306 e. The van der Waals surface area contributed by atoms with E-state index >= 15 is 0 Å². The third kappa shape index (κ3) is 59.0. The van der Waals surface area contributed by atoms with Crippen molar-refractivity contribution in [2.75, 3.05) is 13.2 Å². The number of hydrogen-bond donors (Lipinski definition) is 0. The molecule has 0 spiro atoms. The third-order valence-corrected chi connectivity index (χ3v) is 13.0. The van der Waals surface area contributed by atoms with Gasteiger partial charge < -0.3 is 14.2 Å². The molecule has 74 heavy (non-hydrogen) atoms. The molecule has 0 aromatic rings. The molecule has 6 heteroatoms. The van der Waals surface area contributed by atoms with E-state index in [2.05, 4.69) is 130 Å². The van der Waals surface area contributed by atoms with E-state index in [9.17, 15) is 14.4 Å². The smallest absolute Gasteiger partial charge is 0.306 e. The first-order chi connectivity index (χ1) is 36.5. The molecule has 0 saturated heterocycles. The summed E-state index contributed by atoms with van der Waals surface area (Å²) in [6.45, 7) is 6.40. The van der Waals surface area contributed by atoms with Gasteiger partial charge in [0, 0.05) is 19.3 Å². The summed E-state index contributed by atoms with van der Waals surface area (Å²) in [6.07, 6.45) is 83.7. The molecule has 0 aromatic heterocycles. The number of ether oxygens (including phenoxy) is 3. The van der Waals surface area contributed by atoms with Crippen LogP contribution in [0.4, 0.5) is 0 Å². The van der Waals surface area contributed by atoms with Crippen molar-refractivity contribution in [3.63, 3.8) is 0 Å². The molecular formula is C68H114O6. The molecule has 0 rings (SSSR count). The van der Waals surface area contributed by atoms with Gasteiger partial charge in [0.05, 0.1) is 0 Å². The summed E-state index contributed by atoms with van der Waals surface area (Å²) < 4.78 is 16.9. The van der Waals surface area contributed by atoms with E-state index < -0.39 is 6.10 Å². The van der Waals surface area contributed by atoms with Gasteiger partial charge in [0.15, 0.2) is 6.10 Å². The van der Waals surface area contributed by atoms with Gasteiger partial charge >= 0.3 is 17.9 Å². The van der Waals surface area contributed by atoms with Gasteiger partial charge in [-0.3, -0.25) is 14.4 Å². The second-order valence-corrected chi connectivity index (χ2v) is 20.2. The Labute approximate surface area is 457 Å². The second kappa shape index (κ2) is 61.6. The van der Waals surface area contributed by atoms with Crippen molar-refractivity contribution in [2.45, 2.75) is 290 Å². The Kier molecular flexibility index (Phi) is 58.3. The van der Waals surface area contributed by atoms with Gasteiger partial charge in [-0.25, -0.2) is 0 Å². The van der Waals surface area contributed by atoms with Crippen LogP contribution in [0.5, 0.6) is 0 Å². The molecule has 0 heterocycles. The molecule has 0 saturated carbocycles. The number of esters is 3. The number of rotatable bonds is 55. The Hall–Kier alpha value is -3.93. The number of unbranched alkanes of at least 4 members (excludes halogenated alkanes) is 26. The highest BCUT2D eigenvalue weighted by molar-refractivity contribution is 5.71. The molecule has 6 nitrogen and oxygen atoms in total. The minimum Gasteiger partial charge on any atom is -0.462 e. The van der Waals surface area contributed by atoms with Gasteiger partial charge in [0.2, 0.25) is 0 Å². The Balaban J connectivity index is 4.39. The molecule has 422 valence electrons. The minimum absolute atomic E-state index is 0.0894. The normalized spacial score (nSPS) is 12.9.